The van der Waals surface area contributed by atoms with Gasteiger partial charge in [-0.3, -0.25) is 19.4 Å². The van der Waals surface area contributed by atoms with Crippen molar-refractivity contribution in [2.45, 2.75) is 26.3 Å². The number of carbonyl (C=O) groups is 3. The molecule has 3 aromatic rings. The second-order valence-corrected chi connectivity index (χ2v) is 8.79. The molecule has 35 heavy (non-hydrogen) atoms. The molecule has 2 N–H and O–H groups in total. The van der Waals surface area contributed by atoms with E-state index in [0.717, 1.165) is 22.4 Å². The minimum atomic E-state index is -0.641. The van der Waals surface area contributed by atoms with Crippen molar-refractivity contribution in [2.75, 3.05) is 17.3 Å². The number of rotatable bonds is 6. The molecule has 1 aliphatic rings. The van der Waals surface area contributed by atoms with Crippen molar-refractivity contribution in [3.63, 3.8) is 0 Å². The molecule has 0 bridgehead atoms. The first-order chi connectivity index (χ1) is 16.7. The van der Waals surface area contributed by atoms with E-state index in [1.807, 2.05) is 54.6 Å². The fourth-order valence-electron chi connectivity index (χ4n) is 3.94. The van der Waals surface area contributed by atoms with Gasteiger partial charge in [0, 0.05) is 43.8 Å². The third-order valence-electron chi connectivity index (χ3n) is 5.84. The highest BCUT2D eigenvalue weighted by molar-refractivity contribution is 6.31. The van der Waals surface area contributed by atoms with Gasteiger partial charge in [-0.15, -0.1) is 0 Å². The Morgan fingerprint density at radius 1 is 1.06 bits per heavy atom. The zero-order valence-corrected chi connectivity index (χ0v) is 20.4. The van der Waals surface area contributed by atoms with Crippen LogP contribution < -0.4 is 15.5 Å². The average molecular weight is 489 g/mol. The van der Waals surface area contributed by atoms with Crippen LogP contribution in [0.4, 0.5) is 17.1 Å². The maximum atomic E-state index is 13.1. The number of hydrogen-bond donors (Lipinski definition) is 2. The van der Waals surface area contributed by atoms with Crippen LogP contribution in [0.3, 0.4) is 0 Å². The van der Waals surface area contributed by atoms with Gasteiger partial charge in [0.15, 0.2) is 0 Å². The number of hydrogen-bond acceptors (Lipinski definition) is 4. The smallest absolute Gasteiger partial charge is 0.238 e. The predicted octanol–water partition coefficient (Wildman–Crippen LogP) is 4.82. The lowest BCUT2D eigenvalue weighted by atomic mass is 9.90. The van der Waals surface area contributed by atoms with E-state index in [2.05, 4.69) is 10.6 Å². The Hall–Kier alpha value is -3.97. The van der Waals surface area contributed by atoms with Crippen LogP contribution in [0, 0.1) is 0 Å². The van der Waals surface area contributed by atoms with Gasteiger partial charge in [0.1, 0.15) is 5.92 Å². The number of aliphatic imine (C=N–C) groups is 1. The normalized spacial score (nSPS) is 14.8. The van der Waals surface area contributed by atoms with Crippen LogP contribution in [0.2, 0.25) is 5.02 Å². The van der Waals surface area contributed by atoms with Gasteiger partial charge in [0.2, 0.25) is 17.7 Å². The van der Waals surface area contributed by atoms with Crippen molar-refractivity contribution in [3.05, 3.63) is 88.4 Å². The number of halogens is 1. The van der Waals surface area contributed by atoms with E-state index >= 15 is 0 Å². The monoisotopic (exact) mass is 488 g/mol. The molecule has 4 rings (SSSR count). The van der Waals surface area contributed by atoms with E-state index in [1.54, 1.807) is 24.1 Å². The Morgan fingerprint density at radius 2 is 1.80 bits per heavy atom. The van der Waals surface area contributed by atoms with E-state index in [9.17, 15) is 14.4 Å². The molecule has 0 aromatic heterocycles. The summed E-state index contributed by atoms with van der Waals surface area (Å²) >= 11 is 6.14. The predicted molar refractivity (Wildman–Crippen MR) is 139 cm³/mol. The maximum absolute atomic E-state index is 13.1. The van der Waals surface area contributed by atoms with Gasteiger partial charge in [-0.25, -0.2) is 0 Å². The molecular formula is C27H25ClN4O3. The number of fused-ring (bicyclic) bond motifs is 1. The first-order valence-corrected chi connectivity index (χ1v) is 11.5. The fraction of sp³-hybridized carbons (Fsp3) is 0.185. The lowest BCUT2D eigenvalue weighted by molar-refractivity contribution is -0.119. The molecule has 178 valence electrons. The largest absolute Gasteiger partial charge is 0.352 e. The van der Waals surface area contributed by atoms with E-state index in [4.69, 9.17) is 16.6 Å². The number of benzene rings is 3. The van der Waals surface area contributed by atoms with E-state index in [1.165, 1.54) is 13.8 Å². The Kier molecular flexibility index (Phi) is 6.98. The topological polar surface area (TPSA) is 90.9 Å². The van der Waals surface area contributed by atoms with Crippen molar-refractivity contribution in [1.29, 1.82) is 0 Å². The standard InChI is InChI=1S/C27H25ClN4O3/c1-16(33)29-15-18-5-4-6-19(13-18)26(25-23-12-7-20(28)14-24(23)31-27(25)35)30-21-8-10-22(11-9-21)32(3)17(2)34/h4-14,25H,15H2,1-3H3,(H,29,33)(H,31,35). The summed E-state index contributed by atoms with van der Waals surface area (Å²) in [7, 11) is 1.71. The van der Waals surface area contributed by atoms with Crippen molar-refractivity contribution in [3.8, 4) is 0 Å². The summed E-state index contributed by atoms with van der Waals surface area (Å²) in [5.41, 5.74) is 5.06. The lowest BCUT2D eigenvalue weighted by Crippen LogP contribution is -2.23. The summed E-state index contributed by atoms with van der Waals surface area (Å²) in [5.74, 6) is -1.03. The van der Waals surface area contributed by atoms with E-state index in [0.29, 0.717) is 28.7 Å². The molecule has 0 radical (unpaired) electrons. The quantitative estimate of drug-likeness (QED) is 0.487. The van der Waals surface area contributed by atoms with Crippen LogP contribution >= 0.6 is 11.6 Å². The SMILES string of the molecule is CC(=O)NCc1cccc(C(=Nc2ccc(N(C)C(C)=O)cc2)C2C(=O)Nc3cc(Cl)ccc32)c1. The van der Waals surface area contributed by atoms with Gasteiger partial charge in [0.25, 0.3) is 0 Å². The summed E-state index contributed by atoms with van der Waals surface area (Å²) in [6, 6.07) is 20.2. The van der Waals surface area contributed by atoms with Crippen LogP contribution in [-0.4, -0.2) is 30.5 Å². The molecular weight excluding hydrogens is 464 g/mol. The third kappa shape index (κ3) is 5.41. The van der Waals surface area contributed by atoms with Crippen molar-refractivity contribution < 1.29 is 14.4 Å². The molecule has 7 nitrogen and oxygen atoms in total. The second kappa shape index (κ2) is 10.1. The van der Waals surface area contributed by atoms with Gasteiger partial charge in [-0.05, 0) is 59.2 Å². The lowest BCUT2D eigenvalue weighted by Gasteiger charge is -2.16. The molecule has 8 heteroatoms. The van der Waals surface area contributed by atoms with Crippen molar-refractivity contribution in [2.24, 2.45) is 4.99 Å². The van der Waals surface area contributed by atoms with Crippen LogP contribution in [-0.2, 0) is 20.9 Å². The van der Waals surface area contributed by atoms with Crippen LogP contribution in [0.1, 0.15) is 36.5 Å². The van der Waals surface area contributed by atoms with Crippen LogP contribution in [0.5, 0.6) is 0 Å². The third-order valence-corrected chi connectivity index (χ3v) is 6.08. The van der Waals surface area contributed by atoms with Gasteiger partial charge in [-0.1, -0.05) is 35.9 Å². The van der Waals surface area contributed by atoms with Gasteiger partial charge in [-0.2, -0.15) is 0 Å². The Balaban J connectivity index is 1.80. The molecule has 0 saturated heterocycles. The zero-order chi connectivity index (χ0) is 25.1. The molecule has 1 aliphatic heterocycles. The zero-order valence-electron chi connectivity index (χ0n) is 19.6. The molecule has 3 aromatic carbocycles. The highest BCUT2D eigenvalue weighted by Gasteiger charge is 2.35. The van der Waals surface area contributed by atoms with Crippen molar-refractivity contribution in [1.82, 2.24) is 5.32 Å². The number of carbonyl (C=O) groups excluding carboxylic acids is 3. The molecule has 0 fully saturated rings. The molecule has 3 amide bonds. The van der Waals surface area contributed by atoms with Crippen molar-refractivity contribution >= 4 is 52.1 Å². The van der Waals surface area contributed by atoms with E-state index < -0.39 is 5.92 Å². The summed E-state index contributed by atoms with van der Waals surface area (Å²) in [4.78, 5) is 42.6. The van der Waals surface area contributed by atoms with Gasteiger partial charge >= 0.3 is 0 Å². The first-order valence-electron chi connectivity index (χ1n) is 11.1. The number of nitrogens with zero attached hydrogens (tertiary/aromatic N) is 2. The van der Waals surface area contributed by atoms with E-state index in [-0.39, 0.29) is 17.7 Å². The molecule has 1 heterocycles. The van der Waals surface area contributed by atoms with Gasteiger partial charge in [0.05, 0.1) is 11.4 Å². The summed E-state index contributed by atoms with van der Waals surface area (Å²) in [5, 5.41) is 6.24. The number of nitrogens with one attached hydrogen (secondary N) is 2. The number of amides is 3. The summed E-state index contributed by atoms with van der Waals surface area (Å²) < 4.78 is 0. The molecule has 0 saturated carbocycles. The number of anilines is 2. The second-order valence-electron chi connectivity index (χ2n) is 8.36. The Bertz CT molecular complexity index is 1330. The minimum Gasteiger partial charge on any atom is -0.352 e. The van der Waals surface area contributed by atoms with Gasteiger partial charge < -0.3 is 15.5 Å². The maximum Gasteiger partial charge on any atom is 0.238 e. The van der Waals surface area contributed by atoms with Crippen LogP contribution in [0.15, 0.2) is 71.7 Å². The first kappa shape index (κ1) is 24.2. The summed E-state index contributed by atoms with van der Waals surface area (Å²) in [6.45, 7) is 3.33. The minimum absolute atomic E-state index is 0.0733. The highest BCUT2D eigenvalue weighted by Crippen LogP contribution is 2.38. The molecule has 0 aliphatic carbocycles. The average Bonchev–Trinajstić information content (AvgIpc) is 3.15. The highest BCUT2D eigenvalue weighted by atomic mass is 35.5. The molecule has 1 atom stereocenters. The van der Waals surface area contributed by atoms with Crippen LogP contribution in [0.25, 0.3) is 0 Å². The molecule has 1 unspecified atom stereocenters. The Labute approximate surface area is 208 Å². The fourth-order valence-corrected chi connectivity index (χ4v) is 4.11. The molecule has 0 spiro atoms. The summed E-state index contributed by atoms with van der Waals surface area (Å²) in [6.07, 6.45) is 0. The Morgan fingerprint density at radius 3 is 2.49 bits per heavy atom.